The van der Waals surface area contributed by atoms with Crippen LogP contribution in [0.2, 0.25) is 10.0 Å². The van der Waals surface area contributed by atoms with Crippen molar-refractivity contribution in [2.45, 2.75) is 26.1 Å². The molecule has 1 atom stereocenters. The molecule has 3 aromatic rings. The van der Waals surface area contributed by atoms with E-state index in [1.807, 2.05) is 12.1 Å². The molecule has 0 aliphatic rings. The summed E-state index contributed by atoms with van der Waals surface area (Å²) >= 11 is 12.0. The molecule has 0 saturated carbocycles. The molecule has 0 spiro atoms. The van der Waals surface area contributed by atoms with Gasteiger partial charge in [0.05, 0.1) is 5.02 Å². The van der Waals surface area contributed by atoms with Gasteiger partial charge in [-0.2, -0.15) is 0 Å². The minimum absolute atomic E-state index is 0.112. The van der Waals surface area contributed by atoms with E-state index >= 15 is 0 Å². The van der Waals surface area contributed by atoms with Crippen LogP contribution in [-0.2, 0) is 22.7 Å². The van der Waals surface area contributed by atoms with E-state index in [1.54, 1.807) is 55.5 Å². The van der Waals surface area contributed by atoms with Gasteiger partial charge in [0.25, 0.3) is 5.91 Å². The van der Waals surface area contributed by atoms with Crippen LogP contribution in [-0.4, -0.2) is 29.4 Å². The number of amides is 2. The molecule has 2 amide bonds. The fourth-order valence-corrected chi connectivity index (χ4v) is 3.41. The number of rotatable bonds is 9. The summed E-state index contributed by atoms with van der Waals surface area (Å²) < 4.78 is 18.9. The van der Waals surface area contributed by atoms with Crippen molar-refractivity contribution in [3.63, 3.8) is 0 Å². The van der Waals surface area contributed by atoms with Gasteiger partial charge in [-0.25, -0.2) is 4.39 Å². The molecule has 3 rings (SSSR count). The highest BCUT2D eigenvalue weighted by Gasteiger charge is 2.26. The van der Waals surface area contributed by atoms with Crippen molar-refractivity contribution in [3.8, 4) is 5.75 Å². The van der Waals surface area contributed by atoms with Crippen molar-refractivity contribution in [2.75, 3.05) is 6.61 Å². The lowest BCUT2D eigenvalue weighted by molar-refractivity contribution is -0.142. The first-order valence-electron chi connectivity index (χ1n) is 10.3. The van der Waals surface area contributed by atoms with Crippen LogP contribution in [0.25, 0.3) is 0 Å². The fourth-order valence-electron chi connectivity index (χ4n) is 3.09. The number of nitrogens with zero attached hydrogens (tertiary/aromatic N) is 1. The molecule has 0 aliphatic heterocycles. The highest BCUT2D eigenvalue weighted by molar-refractivity contribution is 6.32. The van der Waals surface area contributed by atoms with Gasteiger partial charge in [0.2, 0.25) is 5.91 Å². The van der Waals surface area contributed by atoms with E-state index in [2.05, 4.69) is 5.32 Å². The Balaban J connectivity index is 1.70. The molecule has 0 heterocycles. The van der Waals surface area contributed by atoms with Crippen molar-refractivity contribution in [1.82, 2.24) is 10.2 Å². The number of benzene rings is 3. The van der Waals surface area contributed by atoms with Crippen LogP contribution in [0.15, 0.2) is 72.8 Å². The number of carbonyl (C=O) groups is 2. The van der Waals surface area contributed by atoms with E-state index < -0.39 is 11.9 Å². The predicted octanol–water partition coefficient (Wildman–Crippen LogP) is 5.25. The van der Waals surface area contributed by atoms with E-state index in [0.29, 0.717) is 21.4 Å². The second-order valence-corrected chi connectivity index (χ2v) is 8.23. The Kier molecular flexibility index (Phi) is 8.69. The van der Waals surface area contributed by atoms with Crippen LogP contribution in [0.1, 0.15) is 18.1 Å². The van der Waals surface area contributed by atoms with Gasteiger partial charge in [0.15, 0.2) is 6.61 Å². The minimum atomic E-state index is -0.801. The Labute approximate surface area is 202 Å². The van der Waals surface area contributed by atoms with Crippen LogP contribution < -0.4 is 10.1 Å². The first kappa shape index (κ1) is 24.6. The summed E-state index contributed by atoms with van der Waals surface area (Å²) in [6.07, 6.45) is 0. The molecule has 3 aromatic carbocycles. The number of nitrogens with one attached hydrogen (secondary N) is 1. The largest absolute Gasteiger partial charge is 0.482 e. The van der Waals surface area contributed by atoms with Crippen molar-refractivity contribution in [3.05, 3.63) is 99.8 Å². The molecule has 0 fully saturated rings. The van der Waals surface area contributed by atoms with E-state index in [9.17, 15) is 14.0 Å². The lowest BCUT2D eigenvalue weighted by atomic mass is 10.1. The van der Waals surface area contributed by atoms with Gasteiger partial charge in [0.1, 0.15) is 17.6 Å². The van der Waals surface area contributed by atoms with Crippen LogP contribution in [0.5, 0.6) is 5.75 Å². The second kappa shape index (κ2) is 11.7. The quantitative estimate of drug-likeness (QED) is 0.447. The van der Waals surface area contributed by atoms with Crippen LogP contribution in [0.3, 0.4) is 0 Å². The third-order valence-corrected chi connectivity index (χ3v) is 5.57. The van der Waals surface area contributed by atoms with E-state index in [0.717, 1.165) is 5.56 Å². The van der Waals surface area contributed by atoms with Gasteiger partial charge in [-0.3, -0.25) is 9.59 Å². The highest BCUT2D eigenvalue weighted by Crippen LogP contribution is 2.23. The standard InChI is InChI=1S/C25H23Cl2FN2O3/c1-17(25(32)29-14-18-6-10-20(26)11-7-18)30(15-19-8-12-21(28)13-9-19)24(31)16-33-23-5-3-2-4-22(23)27/h2-13,17H,14-16H2,1H3,(H,29,32)/t17-/m0/s1. The zero-order chi connectivity index (χ0) is 23.8. The molecule has 5 nitrogen and oxygen atoms in total. The zero-order valence-electron chi connectivity index (χ0n) is 17.9. The number of hydrogen-bond acceptors (Lipinski definition) is 3. The summed E-state index contributed by atoms with van der Waals surface area (Å²) in [5, 5.41) is 3.82. The molecule has 0 aliphatic carbocycles. The Morgan fingerprint density at radius 3 is 2.27 bits per heavy atom. The maximum Gasteiger partial charge on any atom is 0.261 e. The number of halogens is 3. The highest BCUT2D eigenvalue weighted by atomic mass is 35.5. The van der Waals surface area contributed by atoms with Crippen molar-refractivity contribution < 1.29 is 18.7 Å². The van der Waals surface area contributed by atoms with Gasteiger partial charge < -0.3 is 15.0 Å². The predicted molar refractivity (Wildman–Crippen MR) is 127 cm³/mol. The van der Waals surface area contributed by atoms with Crippen molar-refractivity contribution in [2.24, 2.45) is 0 Å². The molecule has 0 radical (unpaired) electrons. The van der Waals surface area contributed by atoms with E-state index in [-0.39, 0.29) is 31.4 Å². The molecular weight excluding hydrogens is 466 g/mol. The summed E-state index contributed by atoms with van der Waals surface area (Å²) in [6, 6.07) is 18.9. The van der Waals surface area contributed by atoms with Crippen molar-refractivity contribution in [1.29, 1.82) is 0 Å². The van der Waals surface area contributed by atoms with Gasteiger partial charge in [0, 0.05) is 18.1 Å². The normalized spacial score (nSPS) is 11.5. The molecule has 0 aromatic heterocycles. The summed E-state index contributed by atoms with van der Waals surface area (Å²) in [6.45, 7) is 1.73. The van der Waals surface area contributed by atoms with E-state index in [1.165, 1.54) is 17.0 Å². The molecular formula is C25H23Cl2FN2O3. The molecule has 1 N–H and O–H groups in total. The zero-order valence-corrected chi connectivity index (χ0v) is 19.4. The third-order valence-electron chi connectivity index (χ3n) is 5.00. The van der Waals surface area contributed by atoms with Crippen LogP contribution >= 0.6 is 23.2 Å². The minimum Gasteiger partial charge on any atom is -0.482 e. The lowest BCUT2D eigenvalue weighted by Gasteiger charge is -2.29. The van der Waals surface area contributed by atoms with Gasteiger partial charge >= 0.3 is 0 Å². The summed E-state index contributed by atoms with van der Waals surface area (Å²) in [7, 11) is 0. The number of carbonyl (C=O) groups excluding carboxylic acids is 2. The van der Waals surface area contributed by atoms with Crippen LogP contribution in [0.4, 0.5) is 4.39 Å². The van der Waals surface area contributed by atoms with Crippen molar-refractivity contribution >= 4 is 35.0 Å². The molecule has 0 saturated heterocycles. The van der Waals surface area contributed by atoms with Gasteiger partial charge in [-0.15, -0.1) is 0 Å². The van der Waals surface area contributed by atoms with E-state index in [4.69, 9.17) is 27.9 Å². The van der Waals surface area contributed by atoms with Gasteiger partial charge in [-0.1, -0.05) is 59.6 Å². The Bertz CT molecular complexity index is 1090. The average molecular weight is 489 g/mol. The number of ether oxygens (including phenoxy) is 1. The summed E-state index contributed by atoms with van der Waals surface area (Å²) in [5.74, 6) is -0.756. The maximum absolute atomic E-state index is 13.3. The molecule has 0 unspecified atom stereocenters. The first-order valence-corrected chi connectivity index (χ1v) is 11.0. The Hall–Kier alpha value is -3.09. The Morgan fingerprint density at radius 2 is 1.61 bits per heavy atom. The second-order valence-electron chi connectivity index (χ2n) is 7.39. The number of hydrogen-bond donors (Lipinski definition) is 1. The SMILES string of the molecule is C[C@@H](C(=O)NCc1ccc(Cl)cc1)N(Cc1ccc(F)cc1)C(=O)COc1ccccc1Cl. The average Bonchev–Trinajstić information content (AvgIpc) is 2.82. The molecule has 172 valence electrons. The maximum atomic E-state index is 13.3. The topological polar surface area (TPSA) is 58.6 Å². The van der Waals surface area contributed by atoms with Crippen LogP contribution in [0, 0.1) is 5.82 Å². The smallest absolute Gasteiger partial charge is 0.261 e. The fraction of sp³-hybridized carbons (Fsp3) is 0.200. The molecule has 8 heteroatoms. The van der Waals surface area contributed by atoms with Gasteiger partial charge in [-0.05, 0) is 54.4 Å². The number of para-hydroxylation sites is 1. The monoisotopic (exact) mass is 488 g/mol. The lowest BCUT2D eigenvalue weighted by Crippen LogP contribution is -2.48. The first-order chi connectivity index (χ1) is 15.8. The molecule has 33 heavy (non-hydrogen) atoms. The third kappa shape index (κ3) is 7.20. The summed E-state index contributed by atoms with van der Waals surface area (Å²) in [5.41, 5.74) is 1.55. The Morgan fingerprint density at radius 1 is 0.970 bits per heavy atom. The molecule has 0 bridgehead atoms. The summed E-state index contributed by atoms with van der Waals surface area (Å²) in [4.78, 5) is 27.3.